The van der Waals surface area contributed by atoms with E-state index >= 15 is 0 Å². The van der Waals surface area contributed by atoms with E-state index in [1.54, 1.807) is 12.4 Å². The van der Waals surface area contributed by atoms with E-state index in [0.29, 0.717) is 6.04 Å². The van der Waals surface area contributed by atoms with E-state index in [-0.39, 0.29) is 6.04 Å². The SMILES string of the molecule is CC(C)NC(C#N)CCN1CCN(c2ncccn2)CC1. The lowest BCUT2D eigenvalue weighted by molar-refractivity contribution is 0.246. The maximum absolute atomic E-state index is 9.14. The number of piperazine rings is 1. The Morgan fingerprint density at radius 2 is 1.90 bits per heavy atom. The third-order valence-corrected chi connectivity index (χ3v) is 3.63. The van der Waals surface area contributed by atoms with Crippen molar-refractivity contribution in [3.63, 3.8) is 0 Å². The van der Waals surface area contributed by atoms with Gasteiger partial charge < -0.3 is 4.90 Å². The van der Waals surface area contributed by atoms with Crippen molar-refractivity contribution < 1.29 is 0 Å². The second kappa shape index (κ2) is 7.91. The minimum absolute atomic E-state index is 0.0551. The summed E-state index contributed by atoms with van der Waals surface area (Å²) in [5.41, 5.74) is 0. The van der Waals surface area contributed by atoms with Gasteiger partial charge in [-0.3, -0.25) is 10.2 Å². The molecule has 6 nitrogen and oxygen atoms in total. The first-order valence-electron chi connectivity index (χ1n) is 7.59. The van der Waals surface area contributed by atoms with E-state index < -0.39 is 0 Å². The summed E-state index contributed by atoms with van der Waals surface area (Å²) in [6.07, 6.45) is 4.43. The second-order valence-electron chi connectivity index (χ2n) is 5.67. The van der Waals surface area contributed by atoms with E-state index in [9.17, 15) is 0 Å². The van der Waals surface area contributed by atoms with Crippen LogP contribution in [0.5, 0.6) is 0 Å². The highest BCUT2D eigenvalue weighted by Crippen LogP contribution is 2.10. The van der Waals surface area contributed by atoms with Gasteiger partial charge in [-0.1, -0.05) is 0 Å². The van der Waals surface area contributed by atoms with E-state index in [2.05, 4.69) is 45.0 Å². The van der Waals surface area contributed by atoms with Crippen molar-refractivity contribution in [3.8, 4) is 6.07 Å². The van der Waals surface area contributed by atoms with Crippen molar-refractivity contribution in [1.82, 2.24) is 20.2 Å². The molecular weight excluding hydrogens is 264 g/mol. The lowest BCUT2D eigenvalue weighted by atomic mass is 10.2. The summed E-state index contributed by atoms with van der Waals surface area (Å²) in [5.74, 6) is 0.813. The number of rotatable bonds is 6. The third kappa shape index (κ3) is 4.96. The van der Waals surface area contributed by atoms with Crippen LogP contribution in [0.3, 0.4) is 0 Å². The maximum Gasteiger partial charge on any atom is 0.225 e. The Labute approximate surface area is 126 Å². The predicted molar refractivity (Wildman–Crippen MR) is 83.0 cm³/mol. The molecule has 0 radical (unpaired) electrons. The van der Waals surface area contributed by atoms with Crippen molar-refractivity contribution in [2.45, 2.75) is 32.4 Å². The van der Waals surface area contributed by atoms with Gasteiger partial charge in [0.1, 0.15) is 0 Å². The molecule has 0 aliphatic carbocycles. The monoisotopic (exact) mass is 288 g/mol. The molecule has 0 saturated carbocycles. The predicted octanol–water partition coefficient (Wildman–Crippen LogP) is 0.879. The zero-order valence-electron chi connectivity index (χ0n) is 12.9. The summed E-state index contributed by atoms with van der Waals surface area (Å²) in [7, 11) is 0. The number of aromatic nitrogens is 2. The highest BCUT2D eigenvalue weighted by molar-refractivity contribution is 5.29. The fourth-order valence-electron chi connectivity index (χ4n) is 2.53. The van der Waals surface area contributed by atoms with Crippen LogP contribution in [-0.4, -0.2) is 59.7 Å². The highest BCUT2D eigenvalue weighted by Gasteiger charge is 2.19. The molecule has 0 spiro atoms. The van der Waals surface area contributed by atoms with Crippen LogP contribution >= 0.6 is 0 Å². The molecule has 1 aliphatic heterocycles. The maximum atomic E-state index is 9.14. The van der Waals surface area contributed by atoms with Crippen molar-refractivity contribution >= 4 is 5.95 Å². The summed E-state index contributed by atoms with van der Waals surface area (Å²) < 4.78 is 0. The highest BCUT2D eigenvalue weighted by atomic mass is 15.3. The summed E-state index contributed by atoms with van der Waals surface area (Å²) >= 11 is 0. The minimum Gasteiger partial charge on any atom is -0.338 e. The molecule has 1 atom stereocenters. The third-order valence-electron chi connectivity index (χ3n) is 3.63. The molecule has 6 heteroatoms. The summed E-state index contributed by atoms with van der Waals surface area (Å²) in [6.45, 7) is 8.99. The van der Waals surface area contributed by atoms with Gasteiger partial charge in [-0.25, -0.2) is 9.97 Å². The van der Waals surface area contributed by atoms with Gasteiger partial charge in [-0.2, -0.15) is 5.26 Å². The van der Waals surface area contributed by atoms with Gasteiger partial charge in [-0.05, 0) is 26.3 Å². The quantitative estimate of drug-likeness (QED) is 0.838. The summed E-state index contributed by atoms with van der Waals surface area (Å²) in [4.78, 5) is 13.2. The van der Waals surface area contributed by atoms with E-state index in [1.807, 2.05) is 6.07 Å². The average molecular weight is 288 g/mol. The molecular formula is C15H24N6. The molecule has 1 unspecified atom stereocenters. The summed E-state index contributed by atoms with van der Waals surface area (Å²) in [5, 5.41) is 12.4. The van der Waals surface area contributed by atoms with E-state index in [1.165, 1.54) is 0 Å². The van der Waals surface area contributed by atoms with Crippen molar-refractivity contribution in [3.05, 3.63) is 18.5 Å². The number of hydrogen-bond acceptors (Lipinski definition) is 6. The van der Waals surface area contributed by atoms with Gasteiger partial charge in [0.25, 0.3) is 0 Å². The number of nitriles is 1. The smallest absolute Gasteiger partial charge is 0.225 e. The Balaban J connectivity index is 1.73. The van der Waals surface area contributed by atoms with Crippen molar-refractivity contribution in [2.24, 2.45) is 0 Å². The molecule has 1 aliphatic rings. The van der Waals surface area contributed by atoms with E-state index in [0.717, 1.165) is 45.1 Å². The van der Waals surface area contributed by atoms with Crippen LogP contribution in [0.4, 0.5) is 5.95 Å². The first-order valence-corrected chi connectivity index (χ1v) is 7.59. The van der Waals surface area contributed by atoms with Crippen LogP contribution in [0, 0.1) is 11.3 Å². The van der Waals surface area contributed by atoms with Gasteiger partial charge in [0, 0.05) is 51.2 Å². The minimum atomic E-state index is -0.0551. The molecule has 2 heterocycles. The molecule has 2 rings (SSSR count). The Kier molecular flexibility index (Phi) is 5.90. The Morgan fingerprint density at radius 3 is 2.48 bits per heavy atom. The van der Waals surface area contributed by atoms with Crippen LogP contribution in [0.15, 0.2) is 18.5 Å². The van der Waals surface area contributed by atoms with Crippen LogP contribution in [0.1, 0.15) is 20.3 Å². The van der Waals surface area contributed by atoms with E-state index in [4.69, 9.17) is 5.26 Å². The molecule has 1 aromatic rings. The first-order chi connectivity index (χ1) is 10.2. The molecule has 1 fully saturated rings. The van der Waals surface area contributed by atoms with Crippen molar-refractivity contribution in [1.29, 1.82) is 5.26 Å². The molecule has 0 amide bonds. The fraction of sp³-hybridized carbons (Fsp3) is 0.667. The first kappa shape index (κ1) is 15.7. The Morgan fingerprint density at radius 1 is 1.24 bits per heavy atom. The lowest BCUT2D eigenvalue weighted by Crippen LogP contribution is -2.48. The normalized spacial score (nSPS) is 17.7. The largest absolute Gasteiger partial charge is 0.338 e. The van der Waals surface area contributed by atoms with Crippen LogP contribution in [0.2, 0.25) is 0 Å². The van der Waals surface area contributed by atoms with Crippen LogP contribution < -0.4 is 10.2 Å². The van der Waals surface area contributed by atoms with Gasteiger partial charge in [0.15, 0.2) is 0 Å². The van der Waals surface area contributed by atoms with Gasteiger partial charge in [0.2, 0.25) is 5.95 Å². The van der Waals surface area contributed by atoms with Gasteiger partial charge >= 0.3 is 0 Å². The van der Waals surface area contributed by atoms with Gasteiger partial charge in [-0.15, -0.1) is 0 Å². The molecule has 1 aromatic heterocycles. The Hall–Kier alpha value is -1.71. The van der Waals surface area contributed by atoms with Crippen molar-refractivity contribution in [2.75, 3.05) is 37.6 Å². The fourth-order valence-corrected chi connectivity index (χ4v) is 2.53. The molecule has 0 aromatic carbocycles. The standard InChI is InChI=1S/C15H24N6/c1-13(2)19-14(12-16)4-7-20-8-10-21(11-9-20)15-17-5-3-6-18-15/h3,5-6,13-14,19H,4,7-11H2,1-2H3. The Bertz CT molecular complexity index is 447. The summed E-state index contributed by atoms with van der Waals surface area (Å²) in [6, 6.07) is 4.47. The molecule has 114 valence electrons. The second-order valence-corrected chi connectivity index (χ2v) is 5.67. The number of nitrogens with one attached hydrogen (secondary N) is 1. The number of hydrogen-bond donors (Lipinski definition) is 1. The molecule has 1 N–H and O–H groups in total. The van der Waals surface area contributed by atoms with Gasteiger partial charge in [0.05, 0.1) is 12.1 Å². The zero-order valence-corrected chi connectivity index (χ0v) is 12.9. The topological polar surface area (TPSA) is 68.1 Å². The molecule has 0 bridgehead atoms. The van der Waals surface area contributed by atoms with Crippen LogP contribution in [-0.2, 0) is 0 Å². The average Bonchev–Trinajstić information content (AvgIpc) is 2.52. The zero-order chi connectivity index (χ0) is 15.1. The number of nitrogens with zero attached hydrogens (tertiary/aromatic N) is 5. The molecule has 21 heavy (non-hydrogen) atoms. The van der Waals surface area contributed by atoms with Crippen LogP contribution in [0.25, 0.3) is 0 Å². The molecule has 1 saturated heterocycles. The number of anilines is 1. The lowest BCUT2D eigenvalue weighted by Gasteiger charge is -2.35.